The summed E-state index contributed by atoms with van der Waals surface area (Å²) in [6.45, 7) is 2.27. The molecule has 1 aliphatic rings. The van der Waals surface area contributed by atoms with Gasteiger partial charge >= 0.3 is 5.97 Å². The lowest BCUT2D eigenvalue weighted by atomic mass is 9.93. The predicted octanol–water partition coefficient (Wildman–Crippen LogP) is 2.49. The lowest BCUT2D eigenvalue weighted by molar-refractivity contribution is -0.143. The van der Waals surface area contributed by atoms with Crippen LogP contribution in [0, 0.1) is 5.92 Å². The molecule has 2 unspecified atom stereocenters. The van der Waals surface area contributed by atoms with Crippen molar-refractivity contribution in [3.8, 4) is 0 Å². The van der Waals surface area contributed by atoms with Gasteiger partial charge in [0.05, 0.1) is 5.92 Å². The van der Waals surface area contributed by atoms with E-state index in [9.17, 15) is 9.59 Å². The van der Waals surface area contributed by atoms with Gasteiger partial charge in [-0.15, -0.1) is 0 Å². The van der Waals surface area contributed by atoms with Crippen molar-refractivity contribution in [3.05, 3.63) is 36.0 Å². The number of piperidine rings is 1. The first-order valence-electron chi connectivity index (χ1n) is 7.17. The molecule has 0 bridgehead atoms. The van der Waals surface area contributed by atoms with Crippen molar-refractivity contribution in [2.24, 2.45) is 5.92 Å². The fourth-order valence-corrected chi connectivity index (χ4v) is 2.94. The summed E-state index contributed by atoms with van der Waals surface area (Å²) < 4.78 is 0. The van der Waals surface area contributed by atoms with Crippen molar-refractivity contribution in [3.63, 3.8) is 0 Å². The average molecular weight is 286 g/mol. The van der Waals surface area contributed by atoms with Gasteiger partial charge in [0, 0.05) is 29.9 Å². The van der Waals surface area contributed by atoms with E-state index in [1.54, 1.807) is 11.0 Å². The first kappa shape index (κ1) is 13.7. The molecule has 1 aromatic heterocycles. The molecule has 3 rings (SSSR count). The highest BCUT2D eigenvalue weighted by atomic mass is 16.4. The highest BCUT2D eigenvalue weighted by Gasteiger charge is 2.32. The number of H-pyrrole nitrogens is 1. The Balaban J connectivity index is 1.86. The predicted molar refractivity (Wildman–Crippen MR) is 79.2 cm³/mol. The van der Waals surface area contributed by atoms with Gasteiger partial charge < -0.3 is 15.0 Å². The number of fused-ring (bicyclic) bond motifs is 1. The van der Waals surface area contributed by atoms with Crippen LogP contribution < -0.4 is 0 Å². The molecule has 1 aliphatic heterocycles. The minimum atomic E-state index is -0.820. The Kier molecular flexibility index (Phi) is 3.41. The van der Waals surface area contributed by atoms with Gasteiger partial charge in [-0.3, -0.25) is 9.59 Å². The quantitative estimate of drug-likeness (QED) is 0.890. The number of nitrogens with one attached hydrogen (secondary N) is 1. The Labute approximate surface area is 122 Å². The van der Waals surface area contributed by atoms with E-state index >= 15 is 0 Å². The number of hydrogen-bond donors (Lipinski definition) is 2. The second kappa shape index (κ2) is 5.24. The van der Waals surface area contributed by atoms with Gasteiger partial charge in [0.15, 0.2) is 0 Å². The van der Waals surface area contributed by atoms with Crippen molar-refractivity contribution in [1.82, 2.24) is 9.88 Å². The molecule has 5 nitrogen and oxygen atoms in total. The summed E-state index contributed by atoms with van der Waals surface area (Å²) in [6, 6.07) is 7.56. The molecule has 1 saturated heterocycles. The number of nitrogens with zero attached hydrogens (tertiary/aromatic N) is 1. The molecule has 1 aromatic carbocycles. The third-order valence-electron chi connectivity index (χ3n) is 4.29. The largest absolute Gasteiger partial charge is 0.481 e. The lowest BCUT2D eigenvalue weighted by Crippen LogP contribution is -2.47. The molecular weight excluding hydrogens is 268 g/mol. The van der Waals surface area contributed by atoms with Crippen LogP contribution in [0.1, 0.15) is 30.1 Å². The molecule has 110 valence electrons. The summed E-state index contributed by atoms with van der Waals surface area (Å²) in [5.74, 6) is -1.37. The number of likely N-dealkylation sites (tertiary alicyclic amines) is 1. The molecule has 2 heterocycles. The Morgan fingerprint density at radius 1 is 1.29 bits per heavy atom. The minimum absolute atomic E-state index is 0.0763. The van der Waals surface area contributed by atoms with Crippen LogP contribution in [-0.4, -0.2) is 39.5 Å². The maximum absolute atomic E-state index is 12.7. The summed E-state index contributed by atoms with van der Waals surface area (Å²) in [5.41, 5.74) is 1.52. The summed E-state index contributed by atoms with van der Waals surface area (Å²) in [6.07, 6.45) is 3.20. The molecule has 2 N–H and O–H groups in total. The molecule has 0 spiro atoms. The number of rotatable bonds is 2. The zero-order valence-electron chi connectivity index (χ0n) is 11.9. The zero-order valence-corrected chi connectivity index (χ0v) is 11.9. The van der Waals surface area contributed by atoms with Gasteiger partial charge in [0.1, 0.15) is 0 Å². The number of carbonyl (C=O) groups excluding carboxylic acids is 1. The van der Waals surface area contributed by atoms with E-state index in [4.69, 9.17) is 5.11 Å². The number of aromatic amines is 1. The number of benzene rings is 1. The third kappa shape index (κ3) is 2.51. The van der Waals surface area contributed by atoms with Crippen LogP contribution in [0.25, 0.3) is 10.9 Å². The van der Waals surface area contributed by atoms with Gasteiger partial charge in [-0.25, -0.2) is 0 Å². The average Bonchev–Trinajstić information content (AvgIpc) is 2.94. The van der Waals surface area contributed by atoms with Crippen LogP contribution in [0.4, 0.5) is 0 Å². The van der Waals surface area contributed by atoms with Gasteiger partial charge in [0.2, 0.25) is 0 Å². The molecule has 2 atom stereocenters. The number of carboxylic acid groups (broad SMARTS) is 1. The van der Waals surface area contributed by atoms with Crippen molar-refractivity contribution in [2.45, 2.75) is 25.8 Å². The van der Waals surface area contributed by atoms with Gasteiger partial charge in [-0.1, -0.05) is 6.07 Å². The zero-order chi connectivity index (χ0) is 15.0. The van der Waals surface area contributed by atoms with Gasteiger partial charge in [0.25, 0.3) is 5.91 Å². The van der Waals surface area contributed by atoms with E-state index < -0.39 is 11.9 Å². The number of carbonyl (C=O) groups is 2. The standard InChI is InChI=1S/C16H18N2O3/c1-10-2-3-13(16(20)21)9-18(10)15(19)12-5-4-11-6-7-17-14(11)8-12/h4-8,10,13,17H,2-3,9H2,1H3,(H,20,21). The Morgan fingerprint density at radius 3 is 2.86 bits per heavy atom. The maximum atomic E-state index is 12.7. The second-order valence-electron chi connectivity index (χ2n) is 5.70. The number of hydrogen-bond acceptors (Lipinski definition) is 2. The molecule has 2 aromatic rings. The summed E-state index contributed by atoms with van der Waals surface area (Å²) in [5, 5.41) is 10.2. The van der Waals surface area contributed by atoms with Crippen LogP contribution in [0.5, 0.6) is 0 Å². The Morgan fingerprint density at radius 2 is 2.10 bits per heavy atom. The fraction of sp³-hybridized carbons (Fsp3) is 0.375. The first-order valence-corrected chi connectivity index (χ1v) is 7.17. The van der Waals surface area contributed by atoms with Crippen LogP contribution in [0.2, 0.25) is 0 Å². The topological polar surface area (TPSA) is 73.4 Å². The second-order valence-corrected chi connectivity index (χ2v) is 5.70. The molecule has 21 heavy (non-hydrogen) atoms. The SMILES string of the molecule is CC1CCC(C(=O)O)CN1C(=O)c1ccc2cc[nH]c2c1. The van der Waals surface area contributed by atoms with Crippen LogP contribution in [0.15, 0.2) is 30.5 Å². The molecule has 0 radical (unpaired) electrons. The Hall–Kier alpha value is -2.30. The van der Waals surface area contributed by atoms with E-state index in [2.05, 4.69) is 4.98 Å². The molecule has 1 fully saturated rings. The van der Waals surface area contributed by atoms with Crippen LogP contribution >= 0.6 is 0 Å². The van der Waals surface area contributed by atoms with Crippen molar-refractivity contribution >= 4 is 22.8 Å². The number of aromatic nitrogens is 1. The third-order valence-corrected chi connectivity index (χ3v) is 4.29. The highest BCUT2D eigenvalue weighted by Crippen LogP contribution is 2.25. The fourth-order valence-electron chi connectivity index (χ4n) is 2.94. The van der Waals surface area contributed by atoms with E-state index in [1.165, 1.54) is 0 Å². The highest BCUT2D eigenvalue weighted by molar-refractivity contribution is 5.98. The van der Waals surface area contributed by atoms with Gasteiger partial charge in [-0.05, 0) is 43.4 Å². The summed E-state index contributed by atoms with van der Waals surface area (Å²) in [7, 11) is 0. The number of amides is 1. The Bertz CT molecular complexity index is 692. The van der Waals surface area contributed by atoms with Crippen molar-refractivity contribution in [2.75, 3.05) is 6.54 Å². The normalized spacial score (nSPS) is 22.4. The van der Waals surface area contributed by atoms with E-state index in [1.807, 2.05) is 31.3 Å². The van der Waals surface area contributed by atoms with Crippen molar-refractivity contribution < 1.29 is 14.7 Å². The summed E-state index contributed by atoms with van der Waals surface area (Å²) in [4.78, 5) is 28.6. The monoisotopic (exact) mass is 286 g/mol. The smallest absolute Gasteiger partial charge is 0.308 e. The van der Waals surface area contributed by atoms with E-state index in [0.29, 0.717) is 12.0 Å². The molecular formula is C16H18N2O3. The first-order chi connectivity index (χ1) is 10.1. The van der Waals surface area contributed by atoms with Gasteiger partial charge in [-0.2, -0.15) is 0 Å². The van der Waals surface area contributed by atoms with Crippen molar-refractivity contribution in [1.29, 1.82) is 0 Å². The lowest BCUT2D eigenvalue weighted by Gasteiger charge is -2.36. The van der Waals surface area contributed by atoms with Crippen LogP contribution in [-0.2, 0) is 4.79 Å². The molecule has 0 aliphatic carbocycles. The number of aliphatic carboxylic acids is 1. The van der Waals surface area contributed by atoms with Crippen LogP contribution in [0.3, 0.4) is 0 Å². The van der Waals surface area contributed by atoms with E-state index in [0.717, 1.165) is 17.3 Å². The number of carboxylic acids is 1. The molecule has 5 heteroatoms. The molecule has 1 amide bonds. The van der Waals surface area contributed by atoms with E-state index in [-0.39, 0.29) is 18.5 Å². The maximum Gasteiger partial charge on any atom is 0.308 e. The summed E-state index contributed by atoms with van der Waals surface area (Å²) >= 11 is 0. The molecule has 0 saturated carbocycles. The minimum Gasteiger partial charge on any atom is -0.481 e.